The summed E-state index contributed by atoms with van der Waals surface area (Å²) in [6.07, 6.45) is 1.31. The van der Waals surface area contributed by atoms with E-state index in [-0.39, 0.29) is 5.15 Å². The molecule has 0 aliphatic rings. The van der Waals surface area contributed by atoms with Crippen LogP contribution < -0.4 is 0 Å². The summed E-state index contributed by atoms with van der Waals surface area (Å²) in [5.41, 5.74) is 0. The summed E-state index contributed by atoms with van der Waals surface area (Å²) in [6, 6.07) is 0. The van der Waals surface area contributed by atoms with Gasteiger partial charge in [-0.3, -0.25) is 0 Å². The molecule has 1 aromatic heterocycles. The van der Waals surface area contributed by atoms with Crippen LogP contribution in [0.15, 0.2) is 6.20 Å². The molecule has 0 amide bonds. The van der Waals surface area contributed by atoms with Gasteiger partial charge in [0.2, 0.25) is 0 Å². The molecule has 0 aromatic carbocycles. The van der Waals surface area contributed by atoms with Crippen LogP contribution in [-0.4, -0.2) is 20.6 Å². The second kappa shape index (κ2) is 1.79. The van der Waals surface area contributed by atoms with Gasteiger partial charge in [-0.25, -0.2) is 0 Å². The normalized spacial score (nSPS) is 8.71. The summed E-state index contributed by atoms with van der Waals surface area (Å²) in [7, 11) is 0. The van der Waals surface area contributed by atoms with Crippen LogP contribution in [0.3, 0.4) is 0 Å². The van der Waals surface area contributed by atoms with Gasteiger partial charge < -0.3 is 0 Å². The number of hydrogen-bond donors (Lipinski definition) is 0. The summed E-state index contributed by atoms with van der Waals surface area (Å²) in [4.78, 5) is 0. The summed E-state index contributed by atoms with van der Waals surface area (Å²) < 4.78 is 0. The first-order valence-corrected chi connectivity index (χ1v) is 1.94. The number of aromatic nitrogens is 4. The highest BCUT2D eigenvalue weighted by atomic mass is 35.5. The van der Waals surface area contributed by atoms with Crippen molar-refractivity contribution in [2.75, 3.05) is 0 Å². The summed E-state index contributed by atoms with van der Waals surface area (Å²) in [5, 5.41) is 13.2. The van der Waals surface area contributed by atoms with E-state index in [4.69, 9.17) is 11.6 Å². The van der Waals surface area contributed by atoms with Gasteiger partial charge in [-0.05, 0) is 10.4 Å². The molecular weight excluding hydrogens is 116 g/mol. The van der Waals surface area contributed by atoms with E-state index in [9.17, 15) is 0 Å². The number of rotatable bonds is 0. The fraction of sp³-hybridized carbons (Fsp3) is 0. The van der Waals surface area contributed by atoms with Gasteiger partial charge in [0.05, 0.1) is 6.20 Å². The Morgan fingerprint density at radius 1 is 1.43 bits per heavy atom. The molecular formula is C2HClN4. The monoisotopic (exact) mass is 116 g/mol. The van der Waals surface area contributed by atoms with Gasteiger partial charge in [0.25, 0.3) is 0 Å². The van der Waals surface area contributed by atoms with E-state index in [1.54, 1.807) is 0 Å². The minimum absolute atomic E-state index is 0.259. The van der Waals surface area contributed by atoms with Gasteiger partial charge in [-0.1, -0.05) is 11.6 Å². The van der Waals surface area contributed by atoms with Crippen molar-refractivity contribution in [1.82, 2.24) is 20.6 Å². The third kappa shape index (κ3) is 1.04. The van der Waals surface area contributed by atoms with Crippen LogP contribution >= 0.6 is 11.6 Å². The van der Waals surface area contributed by atoms with Gasteiger partial charge in [-0.2, -0.15) is 0 Å². The first-order valence-electron chi connectivity index (χ1n) is 1.56. The van der Waals surface area contributed by atoms with Crippen molar-refractivity contribution >= 4 is 11.6 Å². The zero-order valence-corrected chi connectivity index (χ0v) is 4.00. The smallest absolute Gasteiger partial charge is 0.134 e. The van der Waals surface area contributed by atoms with Crippen molar-refractivity contribution in [3.63, 3.8) is 0 Å². The lowest BCUT2D eigenvalue weighted by atomic mass is 10.9. The maximum absolute atomic E-state index is 5.26. The largest absolute Gasteiger partial charge is 0.173 e. The molecule has 7 heavy (non-hydrogen) atoms. The second-order valence-electron chi connectivity index (χ2n) is 0.846. The molecule has 36 valence electrons. The van der Waals surface area contributed by atoms with E-state index in [2.05, 4.69) is 20.6 Å². The molecule has 0 atom stereocenters. The lowest BCUT2D eigenvalue weighted by Crippen LogP contribution is -1.87. The Balaban J connectivity index is 3.02. The van der Waals surface area contributed by atoms with Crippen LogP contribution in [0, 0.1) is 0 Å². The van der Waals surface area contributed by atoms with Crippen molar-refractivity contribution in [2.45, 2.75) is 0 Å². The highest BCUT2D eigenvalue weighted by Gasteiger charge is 1.80. The molecule has 1 aromatic rings. The minimum Gasteiger partial charge on any atom is -0.134 e. The Morgan fingerprint density at radius 2 is 2.29 bits per heavy atom. The van der Waals surface area contributed by atoms with Crippen molar-refractivity contribution in [1.29, 1.82) is 0 Å². The molecule has 1 heterocycles. The van der Waals surface area contributed by atoms with E-state index in [1.807, 2.05) is 0 Å². The maximum Gasteiger partial charge on any atom is 0.173 e. The lowest BCUT2D eigenvalue weighted by Gasteiger charge is -1.75. The lowest BCUT2D eigenvalue weighted by molar-refractivity contribution is 0.762. The molecule has 0 saturated carbocycles. The van der Waals surface area contributed by atoms with Crippen LogP contribution in [-0.2, 0) is 0 Å². The van der Waals surface area contributed by atoms with Gasteiger partial charge in [-0.15, -0.1) is 10.2 Å². The van der Waals surface area contributed by atoms with E-state index < -0.39 is 0 Å². The van der Waals surface area contributed by atoms with Crippen LogP contribution in [0.25, 0.3) is 0 Å². The fourth-order valence-electron chi connectivity index (χ4n) is 0.185. The Hall–Kier alpha value is -0.770. The number of nitrogens with zero attached hydrogens (tertiary/aromatic N) is 4. The zero-order chi connectivity index (χ0) is 5.11. The fourth-order valence-corrected chi connectivity index (χ4v) is 0.263. The van der Waals surface area contributed by atoms with Gasteiger partial charge >= 0.3 is 0 Å². The molecule has 0 aliphatic heterocycles. The Labute approximate surface area is 44.5 Å². The molecule has 1 rings (SSSR count). The van der Waals surface area contributed by atoms with Gasteiger partial charge in [0.15, 0.2) is 5.15 Å². The Morgan fingerprint density at radius 3 is 2.57 bits per heavy atom. The van der Waals surface area contributed by atoms with Crippen molar-refractivity contribution in [3.05, 3.63) is 11.3 Å². The highest BCUT2D eigenvalue weighted by molar-refractivity contribution is 6.29. The topological polar surface area (TPSA) is 51.6 Å². The number of halogens is 1. The molecule has 0 bridgehead atoms. The predicted molar refractivity (Wildman–Crippen MR) is 22.6 cm³/mol. The van der Waals surface area contributed by atoms with Crippen molar-refractivity contribution in [3.8, 4) is 0 Å². The maximum atomic E-state index is 5.26. The second-order valence-corrected chi connectivity index (χ2v) is 1.23. The van der Waals surface area contributed by atoms with E-state index in [0.29, 0.717) is 0 Å². The Kier molecular flexibility index (Phi) is 1.12. The van der Waals surface area contributed by atoms with Crippen molar-refractivity contribution < 1.29 is 0 Å². The molecule has 4 nitrogen and oxygen atoms in total. The predicted octanol–water partition coefficient (Wildman–Crippen LogP) is -0.0800. The summed E-state index contributed by atoms with van der Waals surface area (Å²) >= 11 is 5.26. The van der Waals surface area contributed by atoms with Crippen LogP contribution in [0.5, 0.6) is 0 Å². The molecule has 0 fully saturated rings. The molecule has 0 unspecified atom stereocenters. The molecule has 0 N–H and O–H groups in total. The molecule has 0 radical (unpaired) electrons. The average molecular weight is 117 g/mol. The minimum atomic E-state index is 0.259. The Bertz CT molecular complexity index is 140. The quantitative estimate of drug-likeness (QED) is 0.476. The molecule has 0 spiro atoms. The summed E-state index contributed by atoms with van der Waals surface area (Å²) in [5.74, 6) is 0. The standard InChI is InChI=1S/C2HClN4/c3-2-1-4-6-7-5-2/h1H. The average Bonchev–Trinajstić information content (AvgIpc) is 1.69. The van der Waals surface area contributed by atoms with E-state index in [0.717, 1.165) is 0 Å². The molecule has 0 aliphatic carbocycles. The van der Waals surface area contributed by atoms with Crippen LogP contribution in [0.1, 0.15) is 0 Å². The zero-order valence-electron chi connectivity index (χ0n) is 3.24. The number of hydrogen-bond acceptors (Lipinski definition) is 4. The van der Waals surface area contributed by atoms with E-state index >= 15 is 0 Å². The van der Waals surface area contributed by atoms with Gasteiger partial charge in [0, 0.05) is 0 Å². The molecule has 5 heteroatoms. The third-order valence-corrected chi connectivity index (χ3v) is 0.569. The molecule has 0 saturated heterocycles. The van der Waals surface area contributed by atoms with E-state index in [1.165, 1.54) is 6.20 Å². The SMILES string of the molecule is Clc1cnnnn1. The summed E-state index contributed by atoms with van der Waals surface area (Å²) in [6.45, 7) is 0. The van der Waals surface area contributed by atoms with Crippen LogP contribution in [0.2, 0.25) is 5.15 Å². The third-order valence-electron chi connectivity index (χ3n) is 0.396. The van der Waals surface area contributed by atoms with Crippen molar-refractivity contribution in [2.24, 2.45) is 0 Å². The van der Waals surface area contributed by atoms with Crippen LogP contribution in [0.4, 0.5) is 0 Å². The first kappa shape index (κ1) is 4.39. The highest BCUT2D eigenvalue weighted by Crippen LogP contribution is 1.92. The van der Waals surface area contributed by atoms with Gasteiger partial charge in [0.1, 0.15) is 0 Å². The first-order chi connectivity index (χ1) is 3.39.